The molecule has 1 aliphatic rings. The van der Waals surface area contributed by atoms with Crippen molar-refractivity contribution in [2.45, 2.75) is 63.8 Å². The molecule has 1 aliphatic carbocycles. The van der Waals surface area contributed by atoms with Crippen molar-refractivity contribution in [2.24, 2.45) is 5.92 Å². The second kappa shape index (κ2) is 8.85. The van der Waals surface area contributed by atoms with Gasteiger partial charge >= 0.3 is 6.18 Å². The minimum atomic E-state index is -4.10. The Bertz CT molecular complexity index is 261. The van der Waals surface area contributed by atoms with Crippen LogP contribution >= 0.6 is 0 Å². The number of aliphatic hydroxyl groups excluding tert-OH is 1. The summed E-state index contributed by atoms with van der Waals surface area (Å²) in [6.45, 7) is 3.00. The largest absolute Gasteiger partial charge is 0.389 e. The topological polar surface area (TPSA) is 41.5 Å². The molecule has 0 aromatic heterocycles. The van der Waals surface area contributed by atoms with E-state index in [2.05, 4.69) is 12.2 Å². The summed E-state index contributed by atoms with van der Waals surface area (Å²) < 4.78 is 41.4. The predicted molar refractivity (Wildman–Crippen MR) is 71.5 cm³/mol. The standard InChI is InChI=1S/C14H26F3NO2/c1-11-4-2-5-13(8-11)20-10-12(19)9-18-7-3-6-14(15,16)17/h11-13,18-19H,2-10H2,1H3. The lowest BCUT2D eigenvalue weighted by Gasteiger charge is -2.27. The molecule has 3 nitrogen and oxygen atoms in total. The van der Waals surface area contributed by atoms with Gasteiger partial charge in [-0.25, -0.2) is 0 Å². The number of rotatable bonds is 8. The summed E-state index contributed by atoms with van der Waals surface area (Å²) in [5.41, 5.74) is 0. The van der Waals surface area contributed by atoms with E-state index in [0.717, 1.165) is 19.3 Å². The highest BCUT2D eigenvalue weighted by atomic mass is 19.4. The van der Waals surface area contributed by atoms with Crippen LogP contribution in [-0.4, -0.2) is 43.2 Å². The fourth-order valence-corrected chi connectivity index (χ4v) is 2.52. The average molecular weight is 297 g/mol. The Hall–Kier alpha value is -0.330. The molecular formula is C14H26F3NO2. The van der Waals surface area contributed by atoms with Crippen molar-refractivity contribution in [3.05, 3.63) is 0 Å². The first-order valence-corrected chi connectivity index (χ1v) is 7.44. The van der Waals surface area contributed by atoms with Crippen molar-refractivity contribution < 1.29 is 23.0 Å². The smallest absolute Gasteiger partial charge is 0.389 e. The summed E-state index contributed by atoms with van der Waals surface area (Å²) in [7, 11) is 0. The van der Waals surface area contributed by atoms with Crippen molar-refractivity contribution in [3.8, 4) is 0 Å². The highest BCUT2D eigenvalue weighted by molar-refractivity contribution is 4.71. The molecule has 0 radical (unpaired) electrons. The number of alkyl halides is 3. The van der Waals surface area contributed by atoms with E-state index in [0.29, 0.717) is 5.92 Å². The molecule has 1 saturated carbocycles. The predicted octanol–water partition coefficient (Wildman–Crippen LogP) is 2.87. The number of nitrogens with one attached hydrogen (secondary N) is 1. The molecule has 6 heteroatoms. The van der Waals surface area contributed by atoms with Gasteiger partial charge in [0.15, 0.2) is 0 Å². The van der Waals surface area contributed by atoms with Crippen molar-refractivity contribution in [2.75, 3.05) is 19.7 Å². The molecule has 3 atom stereocenters. The van der Waals surface area contributed by atoms with Gasteiger partial charge in [0.25, 0.3) is 0 Å². The molecule has 0 heterocycles. The fraction of sp³-hybridized carbons (Fsp3) is 1.00. The van der Waals surface area contributed by atoms with E-state index < -0.39 is 18.7 Å². The summed E-state index contributed by atoms with van der Waals surface area (Å²) in [5.74, 6) is 0.673. The maximum absolute atomic E-state index is 11.9. The van der Waals surface area contributed by atoms with Gasteiger partial charge in [0.2, 0.25) is 0 Å². The summed E-state index contributed by atoms with van der Waals surface area (Å²) in [4.78, 5) is 0. The lowest BCUT2D eigenvalue weighted by atomic mass is 9.89. The molecule has 20 heavy (non-hydrogen) atoms. The third kappa shape index (κ3) is 8.76. The quantitative estimate of drug-likeness (QED) is 0.677. The maximum Gasteiger partial charge on any atom is 0.389 e. The average Bonchev–Trinajstić information content (AvgIpc) is 2.35. The first kappa shape index (κ1) is 17.7. The van der Waals surface area contributed by atoms with E-state index in [1.54, 1.807) is 0 Å². The number of hydrogen-bond acceptors (Lipinski definition) is 3. The van der Waals surface area contributed by atoms with Crippen molar-refractivity contribution in [3.63, 3.8) is 0 Å². The summed E-state index contributed by atoms with van der Waals surface area (Å²) in [5, 5.41) is 12.5. The van der Waals surface area contributed by atoms with Crippen LogP contribution < -0.4 is 5.32 Å². The molecule has 0 spiro atoms. The minimum Gasteiger partial charge on any atom is -0.389 e. The molecule has 0 amide bonds. The van der Waals surface area contributed by atoms with Crippen LogP contribution in [0.1, 0.15) is 45.4 Å². The Morgan fingerprint density at radius 3 is 2.75 bits per heavy atom. The SMILES string of the molecule is CC1CCCC(OCC(O)CNCCCC(F)(F)F)C1. The second-order valence-electron chi connectivity index (χ2n) is 5.80. The molecule has 1 fully saturated rings. The monoisotopic (exact) mass is 297 g/mol. The van der Waals surface area contributed by atoms with E-state index >= 15 is 0 Å². The molecule has 0 saturated heterocycles. The molecule has 0 bridgehead atoms. The van der Waals surface area contributed by atoms with E-state index in [1.165, 1.54) is 6.42 Å². The number of halogens is 3. The Morgan fingerprint density at radius 1 is 1.35 bits per heavy atom. The summed E-state index contributed by atoms with van der Waals surface area (Å²) in [6.07, 6.45) is -0.801. The lowest BCUT2D eigenvalue weighted by Crippen LogP contribution is -2.33. The Labute approximate surface area is 118 Å². The third-order valence-corrected chi connectivity index (χ3v) is 3.61. The highest BCUT2D eigenvalue weighted by Gasteiger charge is 2.25. The number of hydrogen-bond donors (Lipinski definition) is 2. The van der Waals surface area contributed by atoms with Crippen molar-refractivity contribution >= 4 is 0 Å². The van der Waals surface area contributed by atoms with Gasteiger partial charge in [0, 0.05) is 13.0 Å². The lowest BCUT2D eigenvalue weighted by molar-refractivity contribution is -0.135. The van der Waals surface area contributed by atoms with Crippen LogP contribution in [0.15, 0.2) is 0 Å². The van der Waals surface area contributed by atoms with Gasteiger partial charge in [-0.15, -0.1) is 0 Å². The maximum atomic E-state index is 11.9. The van der Waals surface area contributed by atoms with Gasteiger partial charge < -0.3 is 15.2 Å². The molecule has 3 unspecified atom stereocenters. The van der Waals surface area contributed by atoms with Crippen LogP contribution in [0, 0.1) is 5.92 Å². The van der Waals surface area contributed by atoms with Gasteiger partial charge in [0.05, 0.1) is 18.8 Å². The van der Waals surface area contributed by atoms with E-state index in [9.17, 15) is 18.3 Å². The zero-order valence-electron chi connectivity index (χ0n) is 12.1. The Kier molecular flexibility index (Phi) is 7.84. The van der Waals surface area contributed by atoms with Crippen LogP contribution in [-0.2, 0) is 4.74 Å². The van der Waals surface area contributed by atoms with Gasteiger partial charge in [-0.05, 0) is 31.7 Å². The van der Waals surface area contributed by atoms with Crippen LogP contribution in [0.3, 0.4) is 0 Å². The number of ether oxygens (including phenoxy) is 1. The Morgan fingerprint density at radius 2 is 2.10 bits per heavy atom. The third-order valence-electron chi connectivity index (χ3n) is 3.61. The first-order chi connectivity index (χ1) is 9.37. The minimum absolute atomic E-state index is 0.0389. The van der Waals surface area contributed by atoms with Gasteiger partial charge in [-0.1, -0.05) is 19.8 Å². The van der Waals surface area contributed by atoms with E-state index in [4.69, 9.17) is 4.74 Å². The fourth-order valence-electron chi connectivity index (χ4n) is 2.52. The second-order valence-corrected chi connectivity index (χ2v) is 5.80. The molecule has 1 rings (SSSR count). The molecular weight excluding hydrogens is 271 g/mol. The van der Waals surface area contributed by atoms with Gasteiger partial charge in [0.1, 0.15) is 0 Å². The van der Waals surface area contributed by atoms with Gasteiger partial charge in [-0.3, -0.25) is 0 Å². The molecule has 0 aromatic rings. The van der Waals surface area contributed by atoms with Crippen molar-refractivity contribution in [1.29, 1.82) is 0 Å². The highest BCUT2D eigenvalue weighted by Crippen LogP contribution is 2.25. The first-order valence-electron chi connectivity index (χ1n) is 7.44. The number of aliphatic hydroxyl groups is 1. The van der Waals surface area contributed by atoms with Crippen LogP contribution in [0.4, 0.5) is 13.2 Å². The summed E-state index contributed by atoms with van der Waals surface area (Å²) in [6, 6.07) is 0. The molecule has 0 aliphatic heterocycles. The molecule has 120 valence electrons. The molecule has 2 N–H and O–H groups in total. The normalized spacial score (nSPS) is 25.6. The van der Waals surface area contributed by atoms with Crippen LogP contribution in [0.2, 0.25) is 0 Å². The van der Waals surface area contributed by atoms with Gasteiger partial charge in [-0.2, -0.15) is 13.2 Å². The van der Waals surface area contributed by atoms with Crippen LogP contribution in [0.25, 0.3) is 0 Å². The van der Waals surface area contributed by atoms with E-state index in [1.807, 2.05) is 0 Å². The van der Waals surface area contributed by atoms with E-state index in [-0.39, 0.29) is 32.2 Å². The molecule has 0 aromatic carbocycles. The zero-order chi connectivity index (χ0) is 15.0. The van der Waals surface area contributed by atoms with Crippen LogP contribution in [0.5, 0.6) is 0 Å². The Balaban J connectivity index is 1.98. The van der Waals surface area contributed by atoms with Crippen molar-refractivity contribution in [1.82, 2.24) is 5.32 Å². The zero-order valence-corrected chi connectivity index (χ0v) is 12.1. The summed E-state index contributed by atoms with van der Waals surface area (Å²) >= 11 is 0.